The zero-order chi connectivity index (χ0) is 23.4. The summed E-state index contributed by atoms with van der Waals surface area (Å²) in [4.78, 5) is 22.6. The zero-order valence-electron chi connectivity index (χ0n) is 19.3. The molecule has 4 rings (SSSR count). The number of pyridine rings is 1. The minimum absolute atomic E-state index is 0.0552. The normalized spacial score (nSPS) is 12.1. The molecule has 0 radical (unpaired) electrons. The molecule has 6 heteroatoms. The largest absolute Gasteiger partial charge is 0.349 e. The van der Waals surface area contributed by atoms with Crippen molar-refractivity contribution in [2.24, 2.45) is 0 Å². The van der Waals surface area contributed by atoms with Crippen molar-refractivity contribution in [1.82, 2.24) is 19.9 Å². The Balaban J connectivity index is 1.74. The summed E-state index contributed by atoms with van der Waals surface area (Å²) >= 11 is 0. The van der Waals surface area contributed by atoms with E-state index in [-0.39, 0.29) is 11.7 Å². The molecule has 0 spiro atoms. The fourth-order valence-electron chi connectivity index (χ4n) is 4.11. The fourth-order valence-corrected chi connectivity index (χ4v) is 4.11. The van der Waals surface area contributed by atoms with Crippen LogP contribution in [0.4, 0.5) is 4.39 Å². The van der Waals surface area contributed by atoms with Gasteiger partial charge in [0.25, 0.3) is 0 Å². The Morgan fingerprint density at radius 3 is 2.55 bits per heavy atom. The van der Waals surface area contributed by atoms with Gasteiger partial charge in [0.05, 0.1) is 23.3 Å². The third-order valence-electron chi connectivity index (χ3n) is 6.00. The number of nitrogens with zero attached hydrogens (tertiary/aromatic N) is 3. The van der Waals surface area contributed by atoms with Crippen LogP contribution in [0.25, 0.3) is 11.0 Å². The number of fused-ring (bicyclic) bond motifs is 1. The number of amides is 1. The maximum atomic E-state index is 13.4. The van der Waals surface area contributed by atoms with Gasteiger partial charge in [-0.1, -0.05) is 31.5 Å². The lowest BCUT2D eigenvalue weighted by Crippen LogP contribution is -2.33. The first kappa shape index (κ1) is 22.6. The second kappa shape index (κ2) is 9.94. The molecule has 1 atom stereocenters. The molecule has 1 amide bonds. The first-order valence-corrected chi connectivity index (χ1v) is 11.4. The van der Waals surface area contributed by atoms with Gasteiger partial charge in [0.15, 0.2) is 0 Å². The molecule has 5 nitrogen and oxygen atoms in total. The van der Waals surface area contributed by atoms with Crippen LogP contribution in [0, 0.1) is 19.7 Å². The second-order valence-corrected chi connectivity index (χ2v) is 8.47. The molecule has 0 aliphatic heterocycles. The topological polar surface area (TPSA) is 59.8 Å². The smallest absolute Gasteiger partial charge is 0.243 e. The van der Waals surface area contributed by atoms with E-state index < -0.39 is 6.04 Å². The van der Waals surface area contributed by atoms with Gasteiger partial charge in [-0.3, -0.25) is 9.78 Å². The highest BCUT2D eigenvalue weighted by Crippen LogP contribution is 2.28. The molecule has 4 aromatic rings. The molecule has 2 aromatic carbocycles. The van der Waals surface area contributed by atoms with Crippen LogP contribution in [0.3, 0.4) is 0 Å². The van der Waals surface area contributed by atoms with Gasteiger partial charge < -0.3 is 9.88 Å². The third kappa shape index (κ3) is 5.11. The summed E-state index contributed by atoms with van der Waals surface area (Å²) in [5, 5.41) is 3.06. The first-order valence-electron chi connectivity index (χ1n) is 11.4. The number of aromatic nitrogens is 3. The highest BCUT2D eigenvalue weighted by Gasteiger charge is 2.25. The minimum Gasteiger partial charge on any atom is -0.349 e. The SMILES string of the molecule is CCCC(C(=O)NCc1ccccn1)n1c(Cc2ccc(F)cc2)nc2cc(C)c(C)cc21. The average Bonchev–Trinajstić information content (AvgIpc) is 3.14. The number of aryl methyl sites for hydroxylation is 2. The second-order valence-electron chi connectivity index (χ2n) is 8.47. The molecule has 0 bridgehead atoms. The van der Waals surface area contributed by atoms with Crippen molar-refractivity contribution in [2.45, 2.75) is 52.6 Å². The predicted molar refractivity (Wildman–Crippen MR) is 128 cm³/mol. The molecule has 1 unspecified atom stereocenters. The van der Waals surface area contributed by atoms with E-state index in [1.54, 1.807) is 18.3 Å². The van der Waals surface area contributed by atoms with Gasteiger partial charge in [-0.05, 0) is 73.4 Å². The van der Waals surface area contributed by atoms with Crippen molar-refractivity contribution < 1.29 is 9.18 Å². The van der Waals surface area contributed by atoms with Gasteiger partial charge in [-0.2, -0.15) is 0 Å². The lowest BCUT2D eigenvalue weighted by Gasteiger charge is -2.21. The molecule has 1 N–H and O–H groups in total. The van der Waals surface area contributed by atoms with Crippen LogP contribution in [0.2, 0.25) is 0 Å². The number of nitrogens with one attached hydrogen (secondary N) is 1. The number of rotatable bonds is 8. The summed E-state index contributed by atoms with van der Waals surface area (Å²) < 4.78 is 15.5. The van der Waals surface area contributed by atoms with Crippen LogP contribution in [-0.2, 0) is 17.8 Å². The van der Waals surface area contributed by atoms with Gasteiger partial charge in [0.1, 0.15) is 17.7 Å². The molecule has 170 valence electrons. The van der Waals surface area contributed by atoms with Crippen LogP contribution >= 0.6 is 0 Å². The summed E-state index contributed by atoms with van der Waals surface area (Å²) in [5.41, 5.74) is 5.89. The van der Waals surface area contributed by atoms with Crippen molar-refractivity contribution in [1.29, 1.82) is 0 Å². The van der Waals surface area contributed by atoms with Gasteiger partial charge in [-0.25, -0.2) is 9.37 Å². The van der Waals surface area contributed by atoms with Crippen LogP contribution in [0.1, 0.15) is 54.0 Å². The number of imidazole rings is 1. The molecular formula is C27H29FN4O. The lowest BCUT2D eigenvalue weighted by molar-refractivity contribution is -0.124. The maximum Gasteiger partial charge on any atom is 0.243 e. The van der Waals surface area contributed by atoms with Crippen molar-refractivity contribution in [3.05, 3.63) is 94.8 Å². The summed E-state index contributed by atoms with van der Waals surface area (Å²) in [7, 11) is 0. The molecule has 0 saturated carbocycles. The molecule has 0 aliphatic rings. The van der Waals surface area contributed by atoms with E-state index in [4.69, 9.17) is 4.98 Å². The number of hydrogen-bond donors (Lipinski definition) is 1. The minimum atomic E-state index is -0.402. The van der Waals surface area contributed by atoms with E-state index in [1.165, 1.54) is 12.1 Å². The van der Waals surface area contributed by atoms with Crippen molar-refractivity contribution >= 4 is 16.9 Å². The summed E-state index contributed by atoms with van der Waals surface area (Å²) in [6.07, 6.45) is 3.77. The van der Waals surface area contributed by atoms with Crippen LogP contribution in [-0.4, -0.2) is 20.4 Å². The van der Waals surface area contributed by atoms with Crippen LogP contribution in [0.5, 0.6) is 0 Å². The maximum absolute atomic E-state index is 13.4. The molecule has 2 aromatic heterocycles. The van der Waals surface area contributed by atoms with Crippen molar-refractivity contribution in [2.75, 3.05) is 0 Å². The van der Waals surface area contributed by atoms with Crippen LogP contribution in [0.15, 0.2) is 60.8 Å². The molecular weight excluding hydrogens is 415 g/mol. The molecule has 0 saturated heterocycles. The summed E-state index contributed by atoms with van der Waals surface area (Å²) in [6.45, 7) is 6.59. The van der Waals surface area contributed by atoms with Crippen molar-refractivity contribution in [3.8, 4) is 0 Å². The number of halogens is 1. The van der Waals surface area contributed by atoms with E-state index in [1.807, 2.05) is 18.2 Å². The van der Waals surface area contributed by atoms with E-state index in [2.05, 4.69) is 47.8 Å². The number of carbonyl (C=O) groups excluding carboxylic acids is 1. The number of carbonyl (C=O) groups is 1. The Hall–Kier alpha value is -3.54. The summed E-state index contributed by atoms with van der Waals surface area (Å²) in [6, 6.07) is 15.9. The van der Waals surface area contributed by atoms with Gasteiger partial charge in [0.2, 0.25) is 5.91 Å². The Morgan fingerprint density at radius 2 is 1.85 bits per heavy atom. The predicted octanol–water partition coefficient (Wildman–Crippen LogP) is 5.44. The van der Waals surface area contributed by atoms with Gasteiger partial charge in [0, 0.05) is 12.6 Å². The third-order valence-corrected chi connectivity index (χ3v) is 6.00. The van der Waals surface area contributed by atoms with E-state index in [0.717, 1.165) is 45.7 Å². The molecule has 0 aliphatic carbocycles. The van der Waals surface area contributed by atoms with Crippen molar-refractivity contribution in [3.63, 3.8) is 0 Å². The summed E-state index contributed by atoms with van der Waals surface area (Å²) in [5.74, 6) is 0.477. The van der Waals surface area contributed by atoms with Gasteiger partial charge in [-0.15, -0.1) is 0 Å². The lowest BCUT2D eigenvalue weighted by atomic mass is 10.1. The van der Waals surface area contributed by atoms with E-state index in [0.29, 0.717) is 19.4 Å². The van der Waals surface area contributed by atoms with E-state index in [9.17, 15) is 9.18 Å². The molecule has 33 heavy (non-hydrogen) atoms. The highest BCUT2D eigenvalue weighted by atomic mass is 19.1. The Labute approximate surface area is 193 Å². The monoisotopic (exact) mass is 444 g/mol. The average molecular weight is 445 g/mol. The fraction of sp³-hybridized carbons (Fsp3) is 0.296. The highest BCUT2D eigenvalue weighted by molar-refractivity contribution is 5.85. The Kier molecular flexibility index (Phi) is 6.82. The first-order chi connectivity index (χ1) is 16.0. The molecule has 0 fully saturated rings. The zero-order valence-corrected chi connectivity index (χ0v) is 19.3. The standard InChI is InChI=1S/C27H29FN4O/c1-4-7-24(27(33)30-17-22-8-5-6-13-29-22)32-25-15-19(3)18(2)14-23(25)31-26(32)16-20-9-11-21(28)12-10-20/h5-6,8-15,24H,4,7,16-17H2,1-3H3,(H,30,33). The van der Waals surface area contributed by atoms with Gasteiger partial charge >= 0.3 is 0 Å². The quantitative estimate of drug-likeness (QED) is 0.394. The number of hydrogen-bond acceptors (Lipinski definition) is 3. The Bertz CT molecular complexity index is 1250. The number of benzene rings is 2. The molecule has 2 heterocycles. The van der Waals surface area contributed by atoms with Crippen LogP contribution < -0.4 is 5.32 Å². The van der Waals surface area contributed by atoms with E-state index >= 15 is 0 Å². The Morgan fingerprint density at radius 1 is 1.09 bits per heavy atom.